The summed E-state index contributed by atoms with van der Waals surface area (Å²) in [5.74, 6) is -0.0631. The Kier molecular flexibility index (Phi) is 5.56. The first kappa shape index (κ1) is 15.0. The van der Waals surface area contributed by atoms with Crippen molar-refractivity contribution < 1.29 is 14.6 Å². The average Bonchev–Trinajstić information content (AvgIpc) is 2.48. The number of hydrogen-bond donors (Lipinski definition) is 1. The Balaban J connectivity index is 1.76. The third-order valence-electron chi connectivity index (χ3n) is 3.92. The number of hydrogen-bond acceptors (Lipinski definition) is 3. The molecule has 1 aromatic carbocycles. The van der Waals surface area contributed by atoms with Gasteiger partial charge in [-0.15, -0.1) is 0 Å². The molecule has 1 aliphatic rings. The summed E-state index contributed by atoms with van der Waals surface area (Å²) in [6.45, 7) is 0.502. The van der Waals surface area contributed by atoms with Crippen molar-refractivity contribution in [2.24, 2.45) is 0 Å². The molecule has 20 heavy (non-hydrogen) atoms. The van der Waals surface area contributed by atoms with E-state index in [9.17, 15) is 9.90 Å². The quantitative estimate of drug-likeness (QED) is 0.895. The molecule has 0 aliphatic heterocycles. The third kappa shape index (κ3) is 4.05. The van der Waals surface area contributed by atoms with E-state index in [0.717, 1.165) is 31.2 Å². The van der Waals surface area contributed by atoms with E-state index in [2.05, 4.69) is 0 Å². The second kappa shape index (κ2) is 7.41. The molecule has 1 aliphatic carbocycles. The number of likely N-dealkylation sites (N-methyl/N-ethyl adjacent to an activating group) is 1. The number of ether oxygens (including phenoxy) is 1. The van der Waals surface area contributed by atoms with E-state index >= 15 is 0 Å². The Labute approximate surface area is 120 Å². The van der Waals surface area contributed by atoms with E-state index in [-0.39, 0.29) is 18.6 Å². The molecular formula is C16H23NO3. The predicted octanol–water partition coefficient (Wildman–Crippen LogP) is 1.97. The van der Waals surface area contributed by atoms with Crippen LogP contribution in [0.15, 0.2) is 30.3 Å². The van der Waals surface area contributed by atoms with Gasteiger partial charge in [0.25, 0.3) is 0 Å². The predicted molar refractivity (Wildman–Crippen MR) is 77.1 cm³/mol. The van der Waals surface area contributed by atoms with Crippen molar-refractivity contribution >= 4 is 5.91 Å². The van der Waals surface area contributed by atoms with Crippen molar-refractivity contribution in [1.82, 2.24) is 4.90 Å². The van der Waals surface area contributed by atoms with Gasteiger partial charge in [-0.3, -0.25) is 4.79 Å². The van der Waals surface area contributed by atoms with Gasteiger partial charge in [0, 0.05) is 7.05 Å². The van der Waals surface area contributed by atoms with Crippen molar-refractivity contribution in [3.8, 4) is 0 Å². The van der Waals surface area contributed by atoms with Crippen LogP contribution in [0.25, 0.3) is 0 Å². The SMILES string of the molecule is CN(C(=O)COCc1ccccc1)C1CCCCC1O. The number of amides is 1. The van der Waals surface area contributed by atoms with Crippen LogP contribution in [0.3, 0.4) is 0 Å². The van der Waals surface area contributed by atoms with E-state index < -0.39 is 6.10 Å². The summed E-state index contributed by atoms with van der Waals surface area (Å²) in [6, 6.07) is 9.73. The monoisotopic (exact) mass is 277 g/mol. The molecule has 0 bridgehead atoms. The molecule has 0 saturated heterocycles. The zero-order valence-electron chi connectivity index (χ0n) is 12.0. The van der Waals surface area contributed by atoms with Crippen LogP contribution >= 0.6 is 0 Å². The molecule has 4 nitrogen and oxygen atoms in total. The molecule has 1 saturated carbocycles. The fourth-order valence-electron chi connectivity index (χ4n) is 2.66. The lowest BCUT2D eigenvalue weighted by molar-refractivity contribution is -0.140. The first-order chi connectivity index (χ1) is 9.68. The Morgan fingerprint density at radius 3 is 2.70 bits per heavy atom. The number of carbonyl (C=O) groups excluding carboxylic acids is 1. The second-order valence-corrected chi connectivity index (χ2v) is 5.40. The van der Waals surface area contributed by atoms with Crippen LogP contribution in [0, 0.1) is 0 Å². The molecule has 1 aromatic rings. The molecule has 2 unspecified atom stereocenters. The van der Waals surface area contributed by atoms with Gasteiger partial charge in [-0.2, -0.15) is 0 Å². The first-order valence-electron chi connectivity index (χ1n) is 7.24. The highest BCUT2D eigenvalue weighted by molar-refractivity contribution is 5.77. The van der Waals surface area contributed by atoms with Crippen molar-refractivity contribution in [3.63, 3.8) is 0 Å². The Morgan fingerprint density at radius 2 is 2.00 bits per heavy atom. The maximum absolute atomic E-state index is 12.1. The molecule has 2 rings (SSSR count). The standard InChI is InChI=1S/C16H23NO3/c1-17(14-9-5-6-10-15(14)18)16(19)12-20-11-13-7-3-2-4-8-13/h2-4,7-8,14-15,18H,5-6,9-12H2,1H3. The molecule has 1 fully saturated rings. The summed E-state index contributed by atoms with van der Waals surface area (Å²) in [6.07, 6.45) is 3.38. The van der Waals surface area contributed by atoms with Gasteiger partial charge in [-0.25, -0.2) is 0 Å². The summed E-state index contributed by atoms with van der Waals surface area (Å²) in [5, 5.41) is 9.96. The highest BCUT2D eigenvalue weighted by atomic mass is 16.5. The van der Waals surface area contributed by atoms with Crippen molar-refractivity contribution in [2.45, 2.75) is 44.4 Å². The Morgan fingerprint density at radius 1 is 1.30 bits per heavy atom. The van der Waals surface area contributed by atoms with Gasteiger partial charge >= 0.3 is 0 Å². The van der Waals surface area contributed by atoms with Gasteiger partial charge in [0.15, 0.2) is 0 Å². The molecular weight excluding hydrogens is 254 g/mol. The molecule has 110 valence electrons. The number of carbonyl (C=O) groups is 1. The molecule has 0 aromatic heterocycles. The summed E-state index contributed by atoms with van der Waals surface area (Å²) >= 11 is 0. The van der Waals surface area contributed by atoms with Crippen LogP contribution in [-0.4, -0.2) is 41.7 Å². The van der Waals surface area contributed by atoms with Gasteiger partial charge in [-0.1, -0.05) is 43.2 Å². The van der Waals surface area contributed by atoms with Gasteiger partial charge in [0.2, 0.25) is 5.91 Å². The first-order valence-corrected chi connectivity index (χ1v) is 7.24. The largest absolute Gasteiger partial charge is 0.391 e. The summed E-state index contributed by atoms with van der Waals surface area (Å²) in [4.78, 5) is 13.7. The molecule has 4 heteroatoms. The molecule has 0 radical (unpaired) electrons. The third-order valence-corrected chi connectivity index (χ3v) is 3.92. The Bertz CT molecular complexity index is 421. The number of aliphatic hydroxyl groups is 1. The smallest absolute Gasteiger partial charge is 0.248 e. The minimum atomic E-state index is -0.396. The molecule has 1 amide bonds. The van der Waals surface area contributed by atoms with E-state index in [4.69, 9.17) is 4.74 Å². The fourth-order valence-corrected chi connectivity index (χ4v) is 2.66. The van der Waals surface area contributed by atoms with Crippen LogP contribution < -0.4 is 0 Å². The highest BCUT2D eigenvalue weighted by Crippen LogP contribution is 2.22. The molecule has 1 N–H and O–H groups in total. The summed E-state index contributed by atoms with van der Waals surface area (Å²) < 4.78 is 5.46. The minimum absolute atomic E-state index is 0.0587. The maximum Gasteiger partial charge on any atom is 0.248 e. The van der Waals surface area contributed by atoms with Crippen molar-refractivity contribution in [1.29, 1.82) is 0 Å². The van der Waals surface area contributed by atoms with Gasteiger partial charge in [0.05, 0.1) is 18.8 Å². The zero-order valence-corrected chi connectivity index (χ0v) is 12.0. The van der Waals surface area contributed by atoms with Gasteiger partial charge in [0.1, 0.15) is 6.61 Å². The van der Waals surface area contributed by atoms with Crippen LogP contribution in [-0.2, 0) is 16.1 Å². The van der Waals surface area contributed by atoms with Crippen LogP contribution in [0.4, 0.5) is 0 Å². The molecule has 2 atom stereocenters. The Hall–Kier alpha value is -1.39. The second-order valence-electron chi connectivity index (χ2n) is 5.40. The van der Waals surface area contributed by atoms with E-state index in [0.29, 0.717) is 6.61 Å². The molecule has 0 heterocycles. The van der Waals surface area contributed by atoms with Gasteiger partial charge < -0.3 is 14.7 Å². The average molecular weight is 277 g/mol. The summed E-state index contributed by atoms with van der Waals surface area (Å²) in [5.41, 5.74) is 1.06. The van der Waals surface area contributed by atoms with Crippen LogP contribution in [0.1, 0.15) is 31.2 Å². The maximum atomic E-state index is 12.1. The van der Waals surface area contributed by atoms with Gasteiger partial charge in [-0.05, 0) is 18.4 Å². The molecule has 0 spiro atoms. The topological polar surface area (TPSA) is 49.8 Å². The summed E-state index contributed by atoms with van der Waals surface area (Å²) in [7, 11) is 1.76. The number of rotatable bonds is 5. The van der Waals surface area contributed by atoms with Crippen molar-refractivity contribution in [3.05, 3.63) is 35.9 Å². The van der Waals surface area contributed by atoms with Crippen molar-refractivity contribution in [2.75, 3.05) is 13.7 Å². The number of aliphatic hydroxyl groups excluding tert-OH is 1. The highest BCUT2D eigenvalue weighted by Gasteiger charge is 2.29. The lowest BCUT2D eigenvalue weighted by Gasteiger charge is -2.35. The number of nitrogens with zero attached hydrogens (tertiary/aromatic N) is 1. The number of benzene rings is 1. The van der Waals surface area contributed by atoms with Crippen LogP contribution in [0.5, 0.6) is 0 Å². The normalized spacial score (nSPS) is 22.5. The van der Waals surface area contributed by atoms with E-state index in [1.54, 1.807) is 11.9 Å². The lowest BCUT2D eigenvalue weighted by atomic mass is 9.91. The lowest BCUT2D eigenvalue weighted by Crippen LogP contribution is -2.47. The van der Waals surface area contributed by atoms with Crippen LogP contribution in [0.2, 0.25) is 0 Å². The van der Waals surface area contributed by atoms with E-state index in [1.807, 2.05) is 30.3 Å². The van der Waals surface area contributed by atoms with E-state index in [1.165, 1.54) is 0 Å². The zero-order chi connectivity index (χ0) is 14.4. The fraction of sp³-hybridized carbons (Fsp3) is 0.562. The minimum Gasteiger partial charge on any atom is -0.391 e.